The minimum absolute atomic E-state index is 0.0440. The van der Waals surface area contributed by atoms with Crippen molar-refractivity contribution in [3.05, 3.63) is 69.5 Å². The average Bonchev–Trinajstić information content (AvgIpc) is 2.72. The molecular formula is C20H22N4O4. The van der Waals surface area contributed by atoms with Gasteiger partial charge in [-0.25, -0.2) is 0 Å². The van der Waals surface area contributed by atoms with Gasteiger partial charge in [0.05, 0.1) is 4.92 Å². The summed E-state index contributed by atoms with van der Waals surface area (Å²) in [5.74, 6) is -0.574. The van der Waals surface area contributed by atoms with E-state index in [1.807, 2.05) is 12.1 Å². The van der Waals surface area contributed by atoms with Gasteiger partial charge in [0.2, 0.25) is 5.91 Å². The fourth-order valence-corrected chi connectivity index (χ4v) is 3.43. The molecule has 2 heterocycles. The summed E-state index contributed by atoms with van der Waals surface area (Å²) >= 11 is 0. The lowest BCUT2D eigenvalue weighted by Crippen LogP contribution is -2.43. The van der Waals surface area contributed by atoms with Crippen LogP contribution in [0.2, 0.25) is 0 Å². The maximum absolute atomic E-state index is 12.8. The number of carbonyl (C=O) groups is 2. The number of nitrogens with zero attached hydrogens (tertiary/aromatic N) is 3. The molecule has 1 saturated heterocycles. The van der Waals surface area contributed by atoms with Crippen molar-refractivity contribution < 1.29 is 14.5 Å². The summed E-state index contributed by atoms with van der Waals surface area (Å²) in [6.45, 7) is 2.83. The molecule has 8 heteroatoms. The number of hydrogen-bond acceptors (Lipinski definition) is 5. The minimum atomic E-state index is -0.513. The zero-order valence-electron chi connectivity index (χ0n) is 15.6. The van der Waals surface area contributed by atoms with Gasteiger partial charge in [0.1, 0.15) is 5.56 Å². The van der Waals surface area contributed by atoms with Crippen molar-refractivity contribution >= 4 is 17.5 Å². The zero-order valence-corrected chi connectivity index (χ0v) is 15.6. The van der Waals surface area contributed by atoms with Gasteiger partial charge < -0.3 is 10.2 Å². The molecule has 2 aromatic rings. The Bertz CT molecular complexity index is 877. The molecule has 0 atom stereocenters. The van der Waals surface area contributed by atoms with Crippen molar-refractivity contribution in [2.24, 2.45) is 5.92 Å². The summed E-state index contributed by atoms with van der Waals surface area (Å²) in [4.78, 5) is 41.6. The van der Waals surface area contributed by atoms with E-state index < -0.39 is 4.92 Å². The molecule has 146 valence electrons. The molecule has 0 bridgehead atoms. The Kier molecular flexibility index (Phi) is 5.98. The molecule has 1 fully saturated rings. The van der Waals surface area contributed by atoms with Gasteiger partial charge in [0.15, 0.2) is 0 Å². The van der Waals surface area contributed by atoms with E-state index in [0.29, 0.717) is 38.0 Å². The predicted molar refractivity (Wildman–Crippen MR) is 103 cm³/mol. The Morgan fingerprint density at radius 1 is 1.25 bits per heavy atom. The summed E-state index contributed by atoms with van der Waals surface area (Å²) in [6, 6.07) is 8.46. The molecule has 8 nitrogen and oxygen atoms in total. The lowest BCUT2D eigenvalue weighted by Gasteiger charge is -2.31. The number of para-hydroxylation sites is 1. The molecule has 0 spiro atoms. The summed E-state index contributed by atoms with van der Waals surface area (Å²) in [5.41, 5.74) is 1.34. The first kappa shape index (κ1) is 19.5. The number of nitro groups is 1. The van der Waals surface area contributed by atoms with Crippen LogP contribution >= 0.6 is 0 Å². The van der Waals surface area contributed by atoms with Crippen molar-refractivity contribution in [3.8, 4) is 0 Å². The Balaban J connectivity index is 1.58. The molecule has 2 amide bonds. The first-order valence-electron chi connectivity index (χ1n) is 9.17. The quantitative estimate of drug-likeness (QED) is 0.632. The third-order valence-electron chi connectivity index (χ3n) is 4.99. The highest BCUT2D eigenvalue weighted by molar-refractivity contribution is 5.98. The van der Waals surface area contributed by atoms with Gasteiger partial charge in [-0.1, -0.05) is 18.2 Å². The fraction of sp³-hybridized carbons (Fsp3) is 0.350. The van der Waals surface area contributed by atoms with Gasteiger partial charge in [-0.05, 0) is 37.5 Å². The Labute approximate surface area is 162 Å². The smallest absolute Gasteiger partial charge is 0.285 e. The Morgan fingerprint density at radius 3 is 2.64 bits per heavy atom. The number of piperidine rings is 1. The number of aromatic nitrogens is 1. The second kappa shape index (κ2) is 8.60. The molecule has 1 aromatic heterocycles. The number of likely N-dealkylation sites (tertiary alicyclic amines) is 1. The topological polar surface area (TPSA) is 105 Å². The van der Waals surface area contributed by atoms with Crippen molar-refractivity contribution in [2.45, 2.75) is 26.3 Å². The van der Waals surface area contributed by atoms with Crippen LogP contribution in [-0.4, -0.2) is 39.7 Å². The first-order valence-corrected chi connectivity index (χ1v) is 9.17. The lowest BCUT2D eigenvalue weighted by atomic mass is 9.95. The van der Waals surface area contributed by atoms with E-state index in [-0.39, 0.29) is 29.0 Å². The van der Waals surface area contributed by atoms with Crippen LogP contribution in [0.3, 0.4) is 0 Å². The van der Waals surface area contributed by atoms with E-state index in [9.17, 15) is 19.7 Å². The van der Waals surface area contributed by atoms with Crippen molar-refractivity contribution in [2.75, 3.05) is 13.1 Å². The highest BCUT2D eigenvalue weighted by Gasteiger charge is 2.31. The van der Waals surface area contributed by atoms with Gasteiger partial charge in [0, 0.05) is 43.5 Å². The molecule has 28 heavy (non-hydrogen) atoms. The third-order valence-corrected chi connectivity index (χ3v) is 4.99. The second-order valence-corrected chi connectivity index (χ2v) is 6.87. The van der Waals surface area contributed by atoms with Crippen LogP contribution in [0.15, 0.2) is 42.7 Å². The largest absolute Gasteiger partial charge is 0.352 e. The van der Waals surface area contributed by atoms with Gasteiger partial charge in [-0.3, -0.25) is 24.7 Å². The Morgan fingerprint density at radius 2 is 2.00 bits per heavy atom. The number of nitro benzene ring substituents is 1. The van der Waals surface area contributed by atoms with Crippen LogP contribution in [0.4, 0.5) is 5.69 Å². The van der Waals surface area contributed by atoms with Crippen LogP contribution in [0.5, 0.6) is 0 Å². The number of carbonyl (C=O) groups excluding carboxylic acids is 2. The normalized spacial score (nSPS) is 14.5. The van der Waals surface area contributed by atoms with Crippen molar-refractivity contribution in [1.29, 1.82) is 0 Å². The Hall–Kier alpha value is -3.29. The monoisotopic (exact) mass is 382 g/mol. The predicted octanol–water partition coefficient (Wildman–Crippen LogP) is 2.47. The van der Waals surface area contributed by atoms with Crippen LogP contribution in [0, 0.1) is 23.0 Å². The lowest BCUT2D eigenvalue weighted by molar-refractivity contribution is -0.385. The number of hydrogen-bond donors (Lipinski definition) is 1. The van der Waals surface area contributed by atoms with Gasteiger partial charge in [-0.15, -0.1) is 0 Å². The molecular weight excluding hydrogens is 360 g/mol. The van der Waals surface area contributed by atoms with Gasteiger partial charge in [0.25, 0.3) is 11.6 Å². The number of benzene rings is 1. The summed E-state index contributed by atoms with van der Waals surface area (Å²) in [6.07, 6.45) is 4.45. The van der Waals surface area contributed by atoms with Crippen LogP contribution < -0.4 is 5.32 Å². The average molecular weight is 382 g/mol. The molecule has 1 aromatic carbocycles. The zero-order chi connectivity index (χ0) is 20.1. The van der Waals surface area contributed by atoms with E-state index in [2.05, 4.69) is 10.3 Å². The van der Waals surface area contributed by atoms with Crippen molar-refractivity contribution in [1.82, 2.24) is 15.2 Å². The maximum atomic E-state index is 12.8. The van der Waals surface area contributed by atoms with Crippen LogP contribution in [-0.2, 0) is 11.3 Å². The minimum Gasteiger partial charge on any atom is -0.352 e. The van der Waals surface area contributed by atoms with Crippen LogP contribution in [0.25, 0.3) is 0 Å². The van der Waals surface area contributed by atoms with Gasteiger partial charge >= 0.3 is 0 Å². The molecule has 0 aliphatic carbocycles. The molecule has 1 aliphatic rings. The molecule has 0 radical (unpaired) electrons. The molecule has 1 N–H and O–H groups in total. The summed E-state index contributed by atoms with van der Waals surface area (Å²) < 4.78 is 0. The van der Waals surface area contributed by atoms with E-state index in [4.69, 9.17) is 0 Å². The van der Waals surface area contributed by atoms with Gasteiger partial charge in [-0.2, -0.15) is 0 Å². The van der Waals surface area contributed by atoms with E-state index in [1.54, 1.807) is 36.4 Å². The number of rotatable bonds is 5. The van der Waals surface area contributed by atoms with E-state index in [1.165, 1.54) is 6.07 Å². The summed E-state index contributed by atoms with van der Waals surface area (Å²) in [5, 5.41) is 14.2. The van der Waals surface area contributed by atoms with E-state index >= 15 is 0 Å². The number of amides is 2. The molecule has 1 aliphatic heterocycles. The second-order valence-electron chi connectivity index (χ2n) is 6.87. The number of nitrogens with one attached hydrogen (secondary N) is 1. The number of pyridine rings is 1. The summed E-state index contributed by atoms with van der Waals surface area (Å²) in [7, 11) is 0. The third kappa shape index (κ3) is 4.33. The fourth-order valence-electron chi connectivity index (χ4n) is 3.43. The highest BCUT2D eigenvalue weighted by atomic mass is 16.6. The van der Waals surface area contributed by atoms with Crippen molar-refractivity contribution in [3.63, 3.8) is 0 Å². The first-order chi connectivity index (χ1) is 13.5. The number of aryl methyl sites for hydroxylation is 1. The molecule has 0 unspecified atom stereocenters. The van der Waals surface area contributed by atoms with E-state index in [0.717, 1.165) is 5.56 Å². The van der Waals surface area contributed by atoms with Crippen LogP contribution in [0.1, 0.15) is 34.3 Å². The molecule has 0 saturated carbocycles. The molecule has 3 rings (SSSR count). The SMILES string of the molecule is Cc1cccc(C(=O)N2CCC(C(=O)NCc3cccnc3)CC2)c1[N+](=O)[O-]. The standard InChI is InChI=1S/C20H22N4O4/c1-14-4-2-6-17(18(14)24(27)28)20(26)23-10-7-16(8-11-23)19(25)22-13-15-5-3-9-21-12-15/h2-6,9,12,16H,7-8,10-11,13H2,1H3,(H,22,25). The highest BCUT2D eigenvalue weighted by Crippen LogP contribution is 2.26. The maximum Gasteiger partial charge on any atom is 0.285 e.